The number of nitrogens with one attached hydrogen (secondary N) is 1. The number of ether oxygens (including phenoxy) is 1. The summed E-state index contributed by atoms with van der Waals surface area (Å²) in [6.45, 7) is 5.56. The van der Waals surface area contributed by atoms with Crippen molar-refractivity contribution in [2.45, 2.75) is 13.5 Å². The first-order chi connectivity index (χ1) is 16.8. The maximum atomic E-state index is 5.57. The smallest absolute Gasteiger partial charge is 0.201 e. The van der Waals surface area contributed by atoms with Crippen LogP contribution in [0.3, 0.4) is 0 Å². The minimum absolute atomic E-state index is 0.486. The van der Waals surface area contributed by atoms with Gasteiger partial charge in [-0.25, -0.2) is 19.9 Å². The Kier molecular flexibility index (Phi) is 5.19. The lowest BCUT2D eigenvalue weighted by Crippen LogP contribution is -2.37. The maximum Gasteiger partial charge on any atom is 0.201 e. The van der Waals surface area contributed by atoms with E-state index in [0.717, 1.165) is 47.0 Å². The van der Waals surface area contributed by atoms with E-state index in [1.807, 2.05) is 42.5 Å². The number of aromatic nitrogens is 8. The highest BCUT2D eigenvalue weighted by Crippen LogP contribution is 2.31. The van der Waals surface area contributed by atoms with Gasteiger partial charge in [0.15, 0.2) is 28.6 Å². The Hall–Kier alpha value is -4.18. The lowest BCUT2D eigenvalue weighted by atomic mass is 10.2. The molecule has 10 nitrogen and oxygen atoms in total. The molecule has 0 radical (unpaired) electrons. The quantitative estimate of drug-likeness (QED) is 0.432. The number of nitrogens with zero attached hydrogens (tertiary/aromatic N) is 8. The van der Waals surface area contributed by atoms with Crippen LogP contribution in [0.4, 0.5) is 5.82 Å². The second-order valence-corrected chi connectivity index (χ2v) is 7.93. The predicted molar refractivity (Wildman–Crippen MR) is 128 cm³/mol. The first kappa shape index (κ1) is 20.4. The molecule has 0 aliphatic carbocycles. The van der Waals surface area contributed by atoms with Crippen LogP contribution < -0.4 is 4.90 Å². The summed E-state index contributed by atoms with van der Waals surface area (Å²) in [5.74, 6) is 3.23. The molecule has 1 N–H and O–H groups in total. The van der Waals surface area contributed by atoms with Crippen molar-refractivity contribution >= 4 is 17.0 Å². The highest BCUT2D eigenvalue weighted by atomic mass is 16.5. The molecule has 10 heteroatoms. The summed E-state index contributed by atoms with van der Waals surface area (Å²) in [5.41, 5.74) is 3.44. The molecule has 6 rings (SSSR count). The van der Waals surface area contributed by atoms with Crippen molar-refractivity contribution in [2.75, 3.05) is 31.2 Å². The molecule has 4 aromatic heterocycles. The van der Waals surface area contributed by atoms with Crippen LogP contribution in [0, 0.1) is 0 Å². The lowest BCUT2D eigenvalue weighted by molar-refractivity contribution is 0.122. The Bertz CT molecular complexity index is 1420. The van der Waals surface area contributed by atoms with E-state index < -0.39 is 0 Å². The Morgan fingerprint density at radius 3 is 2.44 bits per heavy atom. The number of rotatable bonds is 5. The number of pyridine rings is 1. The topological polar surface area (TPSA) is 111 Å². The van der Waals surface area contributed by atoms with Crippen molar-refractivity contribution in [3.8, 4) is 34.4 Å². The van der Waals surface area contributed by atoms with E-state index in [1.165, 1.54) is 0 Å². The molecule has 1 saturated heterocycles. The molecule has 0 saturated carbocycles. The van der Waals surface area contributed by atoms with Crippen molar-refractivity contribution in [3.63, 3.8) is 0 Å². The average Bonchev–Trinajstić information content (AvgIpc) is 3.55. The zero-order chi connectivity index (χ0) is 22.9. The largest absolute Gasteiger partial charge is 0.378 e. The summed E-state index contributed by atoms with van der Waals surface area (Å²) in [7, 11) is 0. The third-order valence-electron chi connectivity index (χ3n) is 5.87. The van der Waals surface area contributed by atoms with Gasteiger partial charge in [0, 0.05) is 43.2 Å². The van der Waals surface area contributed by atoms with Gasteiger partial charge in [0.25, 0.3) is 0 Å². The van der Waals surface area contributed by atoms with Gasteiger partial charge in [-0.2, -0.15) is 5.10 Å². The molecule has 5 heterocycles. The van der Waals surface area contributed by atoms with Crippen LogP contribution in [0.1, 0.15) is 6.92 Å². The van der Waals surface area contributed by atoms with Crippen LogP contribution in [0.15, 0.2) is 54.9 Å². The van der Waals surface area contributed by atoms with Crippen LogP contribution in [-0.2, 0) is 11.3 Å². The first-order valence-electron chi connectivity index (χ1n) is 11.3. The highest BCUT2D eigenvalue weighted by molar-refractivity contribution is 5.88. The molecule has 1 aromatic carbocycles. The second kappa shape index (κ2) is 8.64. The monoisotopic (exact) mass is 453 g/mol. The number of aromatic amines is 1. The van der Waals surface area contributed by atoms with E-state index in [2.05, 4.69) is 31.6 Å². The lowest BCUT2D eigenvalue weighted by Gasteiger charge is -2.28. The third kappa shape index (κ3) is 3.57. The fourth-order valence-corrected chi connectivity index (χ4v) is 4.19. The summed E-state index contributed by atoms with van der Waals surface area (Å²) >= 11 is 0. The van der Waals surface area contributed by atoms with E-state index in [0.29, 0.717) is 37.2 Å². The number of H-pyrrole nitrogens is 1. The van der Waals surface area contributed by atoms with Gasteiger partial charge < -0.3 is 14.2 Å². The number of aryl methyl sites for hydroxylation is 1. The summed E-state index contributed by atoms with van der Waals surface area (Å²) < 4.78 is 7.68. The standard InChI is InChI=1S/C24H23N9O/c1-2-33-22(17-8-10-25-11-9-17)26-18-23(32-12-14-34-15-13-32)28-20(29-24(18)33)21-27-19(30-31-21)16-6-4-3-5-7-16/h3-11H,2,12-15H2,1H3,(H,27,30,31). The Morgan fingerprint density at radius 2 is 1.68 bits per heavy atom. The molecule has 0 spiro atoms. The van der Waals surface area contributed by atoms with Crippen molar-refractivity contribution in [3.05, 3.63) is 54.9 Å². The minimum atomic E-state index is 0.486. The fraction of sp³-hybridized carbons (Fsp3) is 0.250. The molecular weight excluding hydrogens is 430 g/mol. The zero-order valence-corrected chi connectivity index (χ0v) is 18.7. The van der Waals surface area contributed by atoms with Gasteiger partial charge >= 0.3 is 0 Å². The van der Waals surface area contributed by atoms with Crippen LogP contribution in [0.25, 0.3) is 45.6 Å². The van der Waals surface area contributed by atoms with Crippen molar-refractivity contribution in [1.82, 2.24) is 39.7 Å². The van der Waals surface area contributed by atoms with Crippen LogP contribution >= 0.6 is 0 Å². The van der Waals surface area contributed by atoms with Gasteiger partial charge in [-0.05, 0) is 19.1 Å². The van der Waals surface area contributed by atoms with E-state index in [4.69, 9.17) is 24.7 Å². The van der Waals surface area contributed by atoms with Crippen LogP contribution in [0.2, 0.25) is 0 Å². The minimum Gasteiger partial charge on any atom is -0.378 e. The summed E-state index contributed by atoms with van der Waals surface area (Å²) in [4.78, 5) is 25.9. The molecule has 0 bridgehead atoms. The molecule has 0 unspecified atom stereocenters. The Morgan fingerprint density at radius 1 is 0.882 bits per heavy atom. The molecule has 0 amide bonds. The first-order valence-corrected chi connectivity index (χ1v) is 11.3. The molecule has 1 aliphatic heterocycles. The van der Waals surface area contributed by atoms with Crippen LogP contribution in [-0.4, -0.2) is 66.0 Å². The average molecular weight is 454 g/mol. The fourth-order valence-electron chi connectivity index (χ4n) is 4.19. The molecule has 34 heavy (non-hydrogen) atoms. The number of hydrogen-bond donors (Lipinski definition) is 1. The van der Waals surface area contributed by atoms with E-state index in [-0.39, 0.29) is 0 Å². The number of benzene rings is 1. The predicted octanol–water partition coefficient (Wildman–Crippen LogP) is 3.20. The van der Waals surface area contributed by atoms with Gasteiger partial charge in [-0.3, -0.25) is 10.1 Å². The second-order valence-electron chi connectivity index (χ2n) is 7.93. The van der Waals surface area contributed by atoms with Gasteiger partial charge in [0.2, 0.25) is 5.82 Å². The van der Waals surface area contributed by atoms with E-state index in [1.54, 1.807) is 12.4 Å². The van der Waals surface area contributed by atoms with Crippen molar-refractivity contribution < 1.29 is 4.74 Å². The highest BCUT2D eigenvalue weighted by Gasteiger charge is 2.24. The van der Waals surface area contributed by atoms with Gasteiger partial charge in [-0.15, -0.1) is 0 Å². The molecule has 170 valence electrons. The third-order valence-corrected chi connectivity index (χ3v) is 5.87. The Balaban J connectivity index is 1.54. The number of anilines is 1. The maximum absolute atomic E-state index is 5.57. The molecular formula is C24H23N9O. The van der Waals surface area contributed by atoms with Crippen molar-refractivity contribution in [2.24, 2.45) is 0 Å². The van der Waals surface area contributed by atoms with Gasteiger partial charge in [-0.1, -0.05) is 30.3 Å². The molecule has 5 aromatic rings. The number of morpholine rings is 1. The number of hydrogen-bond acceptors (Lipinski definition) is 8. The van der Waals surface area contributed by atoms with Crippen molar-refractivity contribution in [1.29, 1.82) is 0 Å². The van der Waals surface area contributed by atoms with E-state index in [9.17, 15) is 0 Å². The summed E-state index contributed by atoms with van der Waals surface area (Å²) in [6.07, 6.45) is 3.54. The van der Waals surface area contributed by atoms with Gasteiger partial charge in [0.05, 0.1) is 13.2 Å². The molecule has 0 atom stereocenters. The van der Waals surface area contributed by atoms with Crippen LogP contribution in [0.5, 0.6) is 0 Å². The molecule has 1 fully saturated rings. The van der Waals surface area contributed by atoms with E-state index >= 15 is 0 Å². The molecule has 1 aliphatic rings. The Labute approximate surface area is 195 Å². The number of fused-ring (bicyclic) bond motifs is 1. The normalized spacial score (nSPS) is 14.1. The SMILES string of the molecule is CCn1c(-c2ccncc2)nc2c(N3CCOCC3)nc(-c3nc(-c4ccccc4)n[nH]3)nc21. The van der Waals surface area contributed by atoms with Gasteiger partial charge in [0.1, 0.15) is 5.82 Å². The zero-order valence-electron chi connectivity index (χ0n) is 18.7. The summed E-state index contributed by atoms with van der Waals surface area (Å²) in [5, 5.41) is 7.43. The number of imidazole rings is 1. The summed E-state index contributed by atoms with van der Waals surface area (Å²) in [6, 6.07) is 13.8.